The Kier molecular flexibility index (Phi) is 6.37. The Morgan fingerprint density at radius 2 is 1.93 bits per heavy atom. The number of carbonyl (C=O) groups is 1. The van der Waals surface area contributed by atoms with Gasteiger partial charge in [0.15, 0.2) is 17.3 Å². The fourth-order valence-electron chi connectivity index (χ4n) is 2.98. The van der Waals surface area contributed by atoms with Crippen molar-refractivity contribution in [2.24, 2.45) is 0 Å². The quantitative estimate of drug-likeness (QED) is 0.552. The Morgan fingerprint density at radius 1 is 1.15 bits per heavy atom. The van der Waals surface area contributed by atoms with Crippen LogP contribution in [0.15, 0.2) is 42.5 Å². The van der Waals surface area contributed by atoms with Gasteiger partial charge >= 0.3 is 0 Å². The molecule has 0 saturated carbocycles. The van der Waals surface area contributed by atoms with Gasteiger partial charge in [-0.05, 0) is 35.9 Å². The van der Waals surface area contributed by atoms with Gasteiger partial charge < -0.3 is 19.1 Å². The number of nitrogens with zero attached hydrogens (tertiary/aromatic N) is 1. The molecule has 1 saturated heterocycles. The van der Waals surface area contributed by atoms with Gasteiger partial charge in [0.1, 0.15) is 0 Å². The van der Waals surface area contributed by atoms with Gasteiger partial charge in [-0.3, -0.25) is 4.79 Å². The summed E-state index contributed by atoms with van der Waals surface area (Å²) in [5, 5.41) is 0.429. The summed E-state index contributed by atoms with van der Waals surface area (Å²) < 4.78 is 15.9. The normalized spacial score (nSPS) is 14.4. The van der Waals surface area contributed by atoms with E-state index in [0.29, 0.717) is 35.3 Å². The molecule has 142 valence electrons. The van der Waals surface area contributed by atoms with Crippen LogP contribution in [-0.4, -0.2) is 46.3 Å². The number of methoxy groups -OCH3 is 2. The van der Waals surface area contributed by atoms with Crippen molar-refractivity contribution in [1.29, 1.82) is 0 Å². The zero-order chi connectivity index (χ0) is 19.2. The van der Waals surface area contributed by atoms with Gasteiger partial charge in [0.05, 0.1) is 32.5 Å². The van der Waals surface area contributed by atoms with Crippen LogP contribution in [0.4, 0.5) is 5.69 Å². The highest BCUT2D eigenvalue weighted by atomic mass is 35.5. The third-order valence-electron chi connectivity index (χ3n) is 4.39. The van der Waals surface area contributed by atoms with Crippen LogP contribution in [-0.2, 0) is 4.74 Å². The van der Waals surface area contributed by atoms with Crippen LogP contribution >= 0.6 is 11.6 Å². The van der Waals surface area contributed by atoms with Crippen LogP contribution in [0.2, 0.25) is 5.02 Å². The molecular weight excluding hydrogens is 366 g/mol. The molecule has 5 nitrogen and oxygen atoms in total. The van der Waals surface area contributed by atoms with Gasteiger partial charge in [-0.25, -0.2) is 0 Å². The number of allylic oxidation sites excluding steroid dienone is 1. The molecule has 3 rings (SSSR count). The molecule has 1 heterocycles. The number of anilines is 1. The number of ether oxygens (including phenoxy) is 3. The number of carbonyl (C=O) groups excluding carboxylic acids is 1. The molecule has 1 aliphatic rings. The van der Waals surface area contributed by atoms with E-state index in [9.17, 15) is 4.79 Å². The van der Waals surface area contributed by atoms with Gasteiger partial charge in [-0.1, -0.05) is 29.8 Å². The first-order valence-corrected chi connectivity index (χ1v) is 9.07. The zero-order valence-corrected chi connectivity index (χ0v) is 16.2. The van der Waals surface area contributed by atoms with Crippen LogP contribution in [0, 0.1) is 0 Å². The zero-order valence-electron chi connectivity index (χ0n) is 15.4. The monoisotopic (exact) mass is 387 g/mol. The highest BCUT2D eigenvalue weighted by molar-refractivity contribution is 6.32. The number of ketones is 1. The largest absolute Gasteiger partial charge is 0.493 e. The smallest absolute Gasteiger partial charge is 0.185 e. The van der Waals surface area contributed by atoms with E-state index in [0.717, 1.165) is 24.3 Å². The second-order valence-corrected chi connectivity index (χ2v) is 6.49. The van der Waals surface area contributed by atoms with Crippen LogP contribution < -0.4 is 14.4 Å². The first-order valence-electron chi connectivity index (χ1n) is 8.69. The molecule has 6 heteroatoms. The Balaban J connectivity index is 1.78. The number of halogens is 1. The Labute approximate surface area is 164 Å². The molecule has 0 aliphatic carbocycles. The van der Waals surface area contributed by atoms with Crippen molar-refractivity contribution < 1.29 is 19.0 Å². The molecule has 2 aromatic rings. The van der Waals surface area contributed by atoms with Gasteiger partial charge in [-0.15, -0.1) is 0 Å². The summed E-state index contributed by atoms with van der Waals surface area (Å²) in [6.07, 6.45) is 3.26. The third kappa shape index (κ3) is 4.62. The van der Waals surface area contributed by atoms with Crippen molar-refractivity contribution in [3.05, 3.63) is 58.6 Å². The molecule has 0 amide bonds. The van der Waals surface area contributed by atoms with Gasteiger partial charge in [0.2, 0.25) is 0 Å². The summed E-state index contributed by atoms with van der Waals surface area (Å²) in [5.41, 5.74) is 2.43. The molecule has 0 bridgehead atoms. The molecule has 0 atom stereocenters. The predicted molar refractivity (Wildman–Crippen MR) is 107 cm³/mol. The Morgan fingerprint density at radius 3 is 2.63 bits per heavy atom. The molecule has 0 unspecified atom stereocenters. The van der Waals surface area contributed by atoms with E-state index in [1.54, 1.807) is 25.3 Å². The van der Waals surface area contributed by atoms with Gasteiger partial charge in [-0.2, -0.15) is 0 Å². The van der Waals surface area contributed by atoms with E-state index < -0.39 is 0 Å². The molecule has 0 radical (unpaired) electrons. The van der Waals surface area contributed by atoms with Gasteiger partial charge in [0, 0.05) is 24.3 Å². The van der Waals surface area contributed by atoms with Crippen molar-refractivity contribution >= 4 is 29.1 Å². The van der Waals surface area contributed by atoms with Crippen molar-refractivity contribution in [1.82, 2.24) is 0 Å². The van der Waals surface area contributed by atoms with Crippen LogP contribution in [0.5, 0.6) is 11.5 Å². The molecule has 0 spiro atoms. The van der Waals surface area contributed by atoms with E-state index >= 15 is 0 Å². The second-order valence-electron chi connectivity index (χ2n) is 6.09. The fourth-order valence-corrected chi connectivity index (χ4v) is 3.28. The highest BCUT2D eigenvalue weighted by Gasteiger charge is 2.13. The average molecular weight is 388 g/mol. The summed E-state index contributed by atoms with van der Waals surface area (Å²) in [7, 11) is 3.08. The Hall–Kier alpha value is -2.50. The van der Waals surface area contributed by atoms with E-state index in [1.165, 1.54) is 13.2 Å². The standard InChI is InChI=1S/C21H22ClNO4/c1-25-20-13-15(12-18(22)21(20)26-2)6-7-19(24)16-4-3-5-17(14-16)23-8-10-27-11-9-23/h3-7,12-14H,8-11H2,1-2H3/b7-6+. The summed E-state index contributed by atoms with van der Waals surface area (Å²) >= 11 is 6.21. The van der Waals surface area contributed by atoms with E-state index in [4.69, 9.17) is 25.8 Å². The summed E-state index contributed by atoms with van der Waals surface area (Å²) in [4.78, 5) is 14.8. The molecule has 27 heavy (non-hydrogen) atoms. The van der Waals surface area contributed by atoms with E-state index in [2.05, 4.69) is 4.90 Å². The van der Waals surface area contributed by atoms with E-state index in [-0.39, 0.29) is 5.78 Å². The van der Waals surface area contributed by atoms with Crippen molar-refractivity contribution in [2.45, 2.75) is 0 Å². The fraction of sp³-hybridized carbons (Fsp3) is 0.286. The minimum Gasteiger partial charge on any atom is -0.493 e. The molecule has 1 fully saturated rings. The molecular formula is C21H22ClNO4. The second kappa shape index (κ2) is 8.93. The topological polar surface area (TPSA) is 48.0 Å². The lowest BCUT2D eigenvalue weighted by atomic mass is 10.1. The Bertz CT molecular complexity index is 844. The number of benzene rings is 2. The first kappa shape index (κ1) is 19.3. The maximum absolute atomic E-state index is 12.6. The van der Waals surface area contributed by atoms with Crippen molar-refractivity contribution in [3.8, 4) is 11.5 Å². The number of hydrogen-bond donors (Lipinski definition) is 0. The average Bonchev–Trinajstić information content (AvgIpc) is 2.72. The summed E-state index contributed by atoms with van der Waals surface area (Å²) in [6.45, 7) is 3.07. The van der Waals surface area contributed by atoms with Crippen molar-refractivity contribution in [3.63, 3.8) is 0 Å². The minimum absolute atomic E-state index is 0.0731. The maximum Gasteiger partial charge on any atom is 0.185 e. The highest BCUT2D eigenvalue weighted by Crippen LogP contribution is 2.36. The van der Waals surface area contributed by atoms with Gasteiger partial charge in [0.25, 0.3) is 0 Å². The predicted octanol–water partition coefficient (Wildman–Crippen LogP) is 4.09. The molecule has 1 aliphatic heterocycles. The number of morpholine rings is 1. The lowest BCUT2D eigenvalue weighted by molar-refractivity contribution is 0.104. The van der Waals surface area contributed by atoms with Crippen molar-refractivity contribution in [2.75, 3.05) is 45.4 Å². The summed E-state index contributed by atoms with van der Waals surface area (Å²) in [5.74, 6) is 0.920. The number of rotatable bonds is 6. The molecule has 0 aromatic heterocycles. The third-order valence-corrected chi connectivity index (χ3v) is 4.67. The van der Waals surface area contributed by atoms with E-state index in [1.807, 2.05) is 24.3 Å². The SMILES string of the molecule is COc1cc(/C=C/C(=O)c2cccc(N3CCOCC3)c2)cc(Cl)c1OC. The number of hydrogen-bond acceptors (Lipinski definition) is 5. The first-order chi connectivity index (χ1) is 13.1. The minimum atomic E-state index is -0.0731. The maximum atomic E-state index is 12.6. The molecule has 0 N–H and O–H groups in total. The molecule has 2 aromatic carbocycles. The van der Waals surface area contributed by atoms with Crippen LogP contribution in [0.1, 0.15) is 15.9 Å². The summed E-state index contributed by atoms with van der Waals surface area (Å²) in [6, 6.07) is 11.2. The lowest BCUT2D eigenvalue weighted by Gasteiger charge is -2.29. The van der Waals surface area contributed by atoms with Crippen LogP contribution in [0.3, 0.4) is 0 Å². The lowest BCUT2D eigenvalue weighted by Crippen LogP contribution is -2.36. The van der Waals surface area contributed by atoms with Crippen LogP contribution in [0.25, 0.3) is 6.08 Å².